The molecule has 5 heteroatoms. The molecule has 1 fully saturated rings. The highest BCUT2D eigenvalue weighted by Crippen LogP contribution is 2.32. The number of hydrogen-bond acceptors (Lipinski definition) is 4. The van der Waals surface area contributed by atoms with Crippen molar-refractivity contribution in [2.45, 2.75) is 45.1 Å². The van der Waals surface area contributed by atoms with E-state index in [4.69, 9.17) is 17.3 Å². The van der Waals surface area contributed by atoms with Crippen LogP contribution < -0.4 is 10.6 Å². The number of halogens is 1. The summed E-state index contributed by atoms with van der Waals surface area (Å²) in [7, 11) is 2.08. The molecule has 18 heavy (non-hydrogen) atoms. The van der Waals surface area contributed by atoms with E-state index in [-0.39, 0.29) is 5.95 Å². The van der Waals surface area contributed by atoms with Gasteiger partial charge in [0.2, 0.25) is 5.95 Å². The normalized spacial score (nSPS) is 23.9. The Kier molecular flexibility index (Phi) is 4.27. The van der Waals surface area contributed by atoms with Crippen molar-refractivity contribution in [3.63, 3.8) is 0 Å². The molecule has 1 heterocycles. The summed E-state index contributed by atoms with van der Waals surface area (Å²) in [6, 6.07) is 2.33. The molecule has 0 unspecified atom stereocenters. The van der Waals surface area contributed by atoms with Crippen molar-refractivity contribution in [2.75, 3.05) is 17.7 Å². The number of aromatic nitrogens is 2. The van der Waals surface area contributed by atoms with Gasteiger partial charge in [-0.3, -0.25) is 0 Å². The van der Waals surface area contributed by atoms with Gasteiger partial charge < -0.3 is 10.6 Å². The molecular formula is C13H21ClN4. The molecule has 2 rings (SSSR count). The monoisotopic (exact) mass is 268 g/mol. The van der Waals surface area contributed by atoms with E-state index >= 15 is 0 Å². The Hall–Kier alpha value is -1.03. The summed E-state index contributed by atoms with van der Waals surface area (Å²) >= 11 is 5.95. The van der Waals surface area contributed by atoms with Crippen molar-refractivity contribution in [1.29, 1.82) is 0 Å². The second-order valence-electron chi connectivity index (χ2n) is 5.04. The largest absolute Gasteiger partial charge is 0.368 e. The second-order valence-corrected chi connectivity index (χ2v) is 5.43. The van der Waals surface area contributed by atoms with Gasteiger partial charge in [-0.25, -0.2) is 4.98 Å². The van der Waals surface area contributed by atoms with Gasteiger partial charge in [-0.1, -0.05) is 37.8 Å². The number of hydrogen-bond donors (Lipinski definition) is 1. The van der Waals surface area contributed by atoms with Gasteiger partial charge >= 0.3 is 0 Å². The van der Waals surface area contributed by atoms with Crippen molar-refractivity contribution in [3.05, 3.63) is 11.2 Å². The predicted octanol–water partition coefficient (Wildman–Crippen LogP) is 3.12. The molecular weight excluding hydrogens is 248 g/mol. The maximum atomic E-state index is 5.95. The van der Waals surface area contributed by atoms with E-state index in [2.05, 4.69) is 28.8 Å². The van der Waals surface area contributed by atoms with E-state index in [0.717, 1.165) is 11.7 Å². The van der Waals surface area contributed by atoms with Gasteiger partial charge in [0.15, 0.2) is 0 Å². The van der Waals surface area contributed by atoms with Crippen LogP contribution in [-0.4, -0.2) is 23.1 Å². The highest BCUT2D eigenvalue weighted by Gasteiger charge is 2.28. The lowest BCUT2D eigenvalue weighted by atomic mass is 9.82. The van der Waals surface area contributed by atoms with Crippen molar-refractivity contribution >= 4 is 23.4 Å². The first-order chi connectivity index (χ1) is 8.61. The van der Waals surface area contributed by atoms with Crippen LogP contribution in [0.5, 0.6) is 0 Å². The van der Waals surface area contributed by atoms with Gasteiger partial charge in [0, 0.05) is 19.2 Å². The Morgan fingerprint density at radius 1 is 1.39 bits per heavy atom. The first-order valence-corrected chi connectivity index (χ1v) is 7.02. The molecule has 1 aliphatic carbocycles. The van der Waals surface area contributed by atoms with Crippen LogP contribution in [0.1, 0.15) is 39.0 Å². The topological polar surface area (TPSA) is 55.0 Å². The van der Waals surface area contributed by atoms with E-state index in [9.17, 15) is 0 Å². The average Bonchev–Trinajstić information content (AvgIpc) is 2.36. The molecule has 0 amide bonds. The number of rotatable bonds is 3. The van der Waals surface area contributed by atoms with Crippen LogP contribution in [0.4, 0.5) is 11.8 Å². The zero-order valence-corrected chi connectivity index (χ0v) is 11.8. The summed E-state index contributed by atoms with van der Waals surface area (Å²) in [5, 5.41) is 0.410. The highest BCUT2D eigenvalue weighted by molar-refractivity contribution is 6.29. The van der Waals surface area contributed by atoms with Crippen LogP contribution >= 0.6 is 11.6 Å². The maximum Gasteiger partial charge on any atom is 0.223 e. The number of anilines is 2. The van der Waals surface area contributed by atoms with E-state index in [1.807, 2.05) is 0 Å². The SMILES string of the molecule is CC[C@@H]1CCCC[C@@H]1N(C)c1cc(Cl)nc(N)n1. The number of nitrogens with two attached hydrogens (primary N) is 1. The van der Waals surface area contributed by atoms with Crippen molar-refractivity contribution < 1.29 is 0 Å². The predicted molar refractivity (Wildman–Crippen MR) is 75.9 cm³/mol. The first kappa shape index (κ1) is 13.4. The van der Waals surface area contributed by atoms with Crippen molar-refractivity contribution in [2.24, 2.45) is 5.92 Å². The summed E-state index contributed by atoms with van der Waals surface area (Å²) in [6.07, 6.45) is 6.37. The van der Waals surface area contributed by atoms with Gasteiger partial charge in [-0.15, -0.1) is 0 Å². The number of nitrogens with zero attached hydrogens (tertiary/aromatic N) is 3. The molecule has 0 radical (unpaired) electrons. The molecule has 0 bridgehead atoms. The first-order valence-electron chi connectivity index (χ1n) is 6.64. The third-order valence-corrected chi connectivity index (χ3v) is 4.14. The smallest absolute Gasteiger partial charge is 0.223 e. The van der Waals surface area contributed by atoms with Crippen LogP contribution in [0.15, 0.2) is 6.07 Å². The Labute approximate surface area is 114 Å². The van der Waals surface area contributed by atoms with Crippen molar-refractivity contribution in [3.8, 4) is 0 Å². The summed E-state index contributed by atoms with van der Waals surface area (Å²) in [5.41, 5.74) is 5.66. The third kappa shape index (κ3) is 2.86. The van der Waals surface area contributed by atoms with Crippen LogP contribution in [0.25, 0.3) is 0 Å². The minimum absolute atomic E-state index is 0.244. The molecule has 0 aromatic carbocycles. The lowest BCUT2D eigenvalue weighted by Crippen LogP contribution is -2.40. The summed E-state index contributed by atoms with van der Waals surface area (Å²) in [6.45, 7) is 2.26. The molecule has 1 aromatic rings. The van der Waals surface area contributed by atoms with Crippen molar-refractivity contribution in [1.82, 2.24) is 9.97 Å². The molecule has 0 aliphatic heterocycles. The summed E-state index contributed by atoms with van der Waals surface area (Å²) in [5.74, 6) is 1.81. The Balaban J connectivity index is 2.20. The van der Waals surface area contributed by atoms with Crippen LogP contribution in [0.2, 0.25) is 5.15 Å². The standard InChI is InChI=1S/C13H21ClN4/c1-3-9-6-4-5-7-10(9)18(2)12-8-11(14)16-13(15)17-12/h8-10H,3-7H2,1-2H3,(H2,15,16,17)/t9-,10+/m1/s1. The summed E-state index contributed by atoms with van der Waals surface area (Å²) < 4.78 is 0. The molecule has 0 saturated heterocycles. The molecule has 1 aromatic heterocycles. The Morgan fingerprint density at radius 2 is 2.11 bits per heavy atom. The molecule has 4 nitrogen and oxygen atoms in total. The molecule has 1 saturated carbocycles. The highest BCUT2D eigenvalue weighted by atomic mass is 35.5. The Bertz CT molecular complexity index is 390. The van der Waals surface area contributed by atoms with Gasteiger partial charge in [0.1, 0.15) is 11.0 Å². The quantitative estimate of drug-likeness (QED) is 0.856. The molecule has 100 valence electrons. The Morgan fingerprint density at radius 3 is 2.78 bits per heavy atom. The van der Waals surface area contributed by atoms with Crippen LogP contribution in [0, 0.1) is 5.92 Å². The maximum absolute atomic E-state index is 5.95. The fourth-order valence-electron chi connectivity index (χ4n) is 2.95. The molecule has 2 atom stereocenters. The van der Waals surface area contributed by atoms with Gasteiger partial charge in [0.05, 0.1) is 0 Å². The van der Waals surface area contributed by atoms with Crippen LogP contribution in [0.3, 0.4) is 0 Å². The average molecular weight is 269 g/mol. The molecule has 0 spiro atoms. The fraction of sp³-hybridized carbons (Fsp3) is 0.692. The van der Waals surface area contributed by atoms with Gasteiger partial charge in [-0.2, -0.15) is 4.98 Å². The molecule has 1 aliphatic rings. The van der Waals surface area contributed by atoms with E-state index < -0.39 is 0 Å². The molecule has 2 N–H and O–H groups in total. The lowest BCUT2D eigenvalue weighted by Gasteiger charge is -2.38. The zero-order chi connectivity index (χ0) is 13.1. The second kappa shape index (κ2) is 5.74. The van der Waals surface area contributed by atoms with Crippen LogP contribution in [-0.2, 0) is 0 Å². The minimum Gasteiger partial charge on any atom is -0.368 e. The zero-order valence-electron chi connectivity index (χ0n) is 11.1. The lowest BCUT2D eigenvalue weighted by molar-refractivity contribution is 0.291. The third-order valence-electron chi connectivity index (χ3n) is 3.95. The summed E-state index contributed by atoms with van der Waals surface area (Å²) in [4.78, 5) is 10.4. The minimum atomic E-state index is 0.244. The fourth-order valence-corrected chi connectivity index (χ4v) is 3.13. The van der Waals surface area contributed by atoms with E-state index in [0.29, 0.717) is 11.2 Å². The van der Waals surface area contributed by atoms with Gasteiger partial charge in [-0.05, 0) is 18.8 Å². The van der Waals surface area contributed by atoms with E-state index in [1.165, 1.54) is 32.1 Å². The van der Waals surface area contributed by atoms with Gasteiger partial charge in [0.25, 0.3) is 0 Å². The number of nitrogen functional groups attached to an aromatic ring is 1. The van der Waals surface area contributed by atoms with E-state index in [1.54, 1.807) is 6.07 Å².